The number of aliphatic carboxylic acids is 1. The third-order valence-electron chi connectivity index (χ3n) is 4.27. The number of carboxylic acid groups (broad SMARTS) is 1. The average molecular weight is 342 g/mol. The molecule has 1 saturated carbocycles. The molecule has 0 spiro atoms. The first-order chi connectivity index (χ1) is 11.0. The highest BCUT2D eigenvalue weighted by Crippen LogP contribution is 2.58. The van der Waals surface area contributed by atoms with Crippen LogP contribution in [0.1, 0.15) is 19.7 Å². The zero-order chi connectivity index (χ0) is 17.9. The van der Waals surface area contributed by atoms with E-state index in [0.29, 0.717) is 0 Å². The average Bonchev–Trinajstić information content (AvgIpc) is 2.82. The summed E-state index contributed by atoms with van der Waals surface area (Å²) in [6.07, 6.45) is -4.70. The Bertz CT molecular complexity index is 841. The number of hydrogen-bond donors (Lipinski definition) is 2. The van der Waals surface area contributed by atoms with E-state index in [4.69, 9.17) is 5.11 Å². The lowest BCUT2D eigenvalue weighted by Gasteiger charge is -2.05. The number of halogens is 3. The van der Waals surface area contributed by atoms with Crippen LogP contribution in [0.25, 0.3) is 11.1 Å². The lowest BCUT2D eigenvalue weighted by Crippen LogP contribution is -2.17. The van der Waals surface area contributed by atoms with Crippen molar-refractivity contribution in [1.29, 1.82) is 0 Å². The molecule has 128 valence electrons. The molecule has 6 nitrogen and oxygen atoms in total. The number of oxazole rings is 1. The van der Waals surface area contributed by atoms with Crippen molar-refractivity contribution < 1.29 is 32.3 Å². The molecule has 0 radical (unpaired) electrons. The molecular formula is C15H13F3N2O4. The van der Waals surface area contributed by atoms with Crippen LogP contribution < -0.4 is 5.32 Å². The van der Waals surface area contributed by atoms with E-state index in [-0.39, 0.29) is 16.8 Å². The van der Waals surface area contributed by atoms with E-state index in [2.05, 4.69) is 14.7 Å². The molecule has 1 amide bonds. The minimum atomic E-state index is -4.70. The molecule has 1 aliphatic carbocycles. The fraction of sp³-hybridized carbons (Fsp3) is 0.400. The maximum Gasteiger partial charge on any atom is 0.468 e. The highest BCUT2D eigenvalue weighted by Gasteiger charge is 2.65. The van der Waals surface area contributed by atoms with Gasteiger partial charge in [0.05, 0.1) is 11.8 Å². The summed E-state index contributed by atoms with van der Waals surface area (Å²) >= 11 is 0. The minimum Gasteiger partial charge on any atom is -0.481 e. The molecular weight excluding hydrogens is 329 g/mol. The molecule has 24 heavy (non-hydrogen) atoms. The summed E-state index contributed by atoms with van der Waals surface area (Å²) in [5, 5.41) is 11.6. The fourth-order valence-corrected chi connectivity index (χ4v) is 2.93. The van der Waals surface area contributed by atoms with Gasteiger partial charge in [0.25, 0.3) is 0 Å². The Morgan fingerprint density at radius 1 is 1.29 bits per heavy atom. The van der Waals surface area contributed by atoms with Crippen molar-refractivity contribution in [1.82, 2.24) is 4.98 Å². The molecule has 0 saturated heterocycles. The predicted molar refractivity (Wildman–Crippen MR) is 76.0 cm³/mol. The molecule has 0 bridgehead atoms. The van der Waals surface area contributed by atoms with Crippen molar-refractivity contribution in [2.75, 3.05) is 5.32 Å². The number of alkyl halides is 3. The van der Waals surface area contributed by atoms with Crippen molar-refractivity contribution in [3.05, 3.63) is 24.1 Å². The number of benzene rings is 1. The first-order valence-corrected chi connectivity index (χ1v) is 7.03. The number of nitrogens with zero attached hydrogens (tertiary/aromatic N) is 1. The van der Waals surface area contributed by atoms with E-state index >= 15 is 0 Å². The van der Waals surface area contributed by atoms with Crippen molar-refractivity contribution in [2.45, 2.75) is 20.0 Å². The predicted octanol–water partition coefficient (Wildman–Crippen LogP) is 3.14. The van der Waals surface area contributed by atoms with Gasteiger partial charge in [0.1, 0.15) is 5.52 Å². The van der Waals surface area contributed by atoms with Gasteiger partial charge < -0.3 is 14.8 Å². The van der Waals surface area contributed by atoms with Gasteiger partial charge in [-0.2, -0.15) is 13.2 Å². The molecule has 2 N–H and O–H groups in total. The molecule has 1 fully saturated rings. The molecule has 0 aliphatic heterocycles. The topological polar surface area (TPSA) is 92.4 Å². The number of amides is 1. The lowest BCUT2D eigenvalue weighted by molar-refractivity contribution is -0.156. The molecule has 1 aromatic carbocycles. The second kappa shape index (κ2) is 4.96. The quantitative estimate of drug-likeness (QED) is 0.894. The largest absolute Gasteiger partial charge is 0.481 e. The number of carbonyl (C=O) groups excluding carboxylic acids is 1. The number of nitrogens with one attached hydrogen (secondary N) is 1. The van der Waals surface area contributed by atoms with Gasteiger partial charge in [-0.15, -0.1) is 0 Å². The zero-order valence-corrected chi connectivity index (χ0v) is 12.6. The Labute approximate surface area is 133 Å². The SMILES string of the molecule is CC1(C)[C@H](C(=O)O)[C@@H]1C(=O)Nc1ccc2oc(C(F)(F)F)nc2c1. The van der Waals surface area contributed by atoms with Crippen LogP contribution in [0.5, 0.6) is 0 Å². The second-order valence-corrected chi connectivity index (χ2v) is 6.30. The van der Waals surface area contributed by atoms with Crippen LogP contribution in [-0.2, 0) is 15.8 Å². The third kappa shape index (κ3) is 2.59. The molecule has 3 rings (SSSR count). The monoisotopic (exact) mass is 342 g/mol. The van der Waals surface area contributed by atoms with E-state index in [9.17, 15) is 22.8 Å². The van der Waals surface area contributed by atoms with Crippen LogP contribution in [0.4, 0.5) is 18.9 Å². The standard InChI is InChI=1S/C15H13F3N2O4/c1-14(2)9(10(14)12(22)23)11(21)19-6-3-4-8-7(5-6)20-13(24-8)15(16,17)18/h3-5,9-10H,1-2H3,(H,19,21)(H,22,23)/t9-,10+/m1/s1. The van der Waals surface area contributed by atoms with Crippen molar-refractivity contribution in [3.8, 4) is 0 Å². The van der Waals surface area contributed by atoms with Crippen LogP contribution in [0.2, 0.25) is 0 Å². The maximum atomic E-state index is 12.6. The Kier molecular flexibility index (Phi) is 3.36. The summed E-state index contributed by atoms with van der Waals surface area (Å²) in [4.78, 5) is 26.7. The number of fused-ring (bicyclic) bond motifs is 1. The van der Waals surface area contributed by atoms with Gasteiger partial charge in [0.2, 0.25) is 5.91 Å². The van der Waals surface area contributed by atoms with E-state index < -0.39 is 41.2 Å². The number of carbonyl (C=O) groups is 2. The fourth-order valence-electron chi connectivity index (χ4n) is 2.93. The van der Waals surface area contributed by atoms with Gasteiger partial charge in [0, 0.05) is 5.69 Å². The van der Waals surface area contributed by atoms with Crippen molar-refractivity contribution in [3.63, 3.8) is 0 Å². The van der Waals surface area contributed by atoms with E-state index in [1.54, 1.807) is 13.8 Å². The molecule has 0 unspecified atom stereocenters. The van der Waals surface area contributed by atoms with Gasteiger partial charge >= 0.3 is 18.0 Å². The van der Waals surface area contributed by atoms with Crippen LogP contribution in [0.15, 0.2) is 22.6 Å². The second-order valence-electron chi connectivity index (χ2n) is 6.30. The summed E-state index contributed by atoms with van der Waals surface area (Å²) in [7, 11) is 0. The van der Waals surface area contributed by atoms with Crippen molar-refractivity contribution in [2.24, 2.45) is 17.3 Å². The zero-order valence-electron chi connectivity index (χ0n) is 12.6. The third-order valence-corrected chi connectivity index (χ3v) is 4.27. The van der Waals surface area contributed by atoms with Crippen LogP contribution in [0.3, 0.4) is 0 Å². The van der Waals surface area contributed by atoms with Crippen LogP contribution >= 0.6 is 0 Å². The molecule has 1 aromatic heterocycles. The van der Waals surface area contributed by atoms with Gasteiger partial charge in [-0.1, -0.05) is 13.8 Å². The number of aromatic nitrogens is 1. The molecule has 1 heterocycles. The summed E-state index contributed by atoms with van der Waals surface area (Å²) < 4.78 is 42.3. The Morgan fingerprint density at radius 3 is 2.50 bits per heavy atom. The number of anilines is 1. The molecule has 9 heteroatoms. The summed E-state index contributed by atoms with van der Waals surface area (Å²) in [6, 6.07) is 3.88. The van der Waals surface area contributed by atoms with E-state index in [0.717, 1.165) is 0 Å². The summed E-state index contributed by atoms with van der Waals surface area (Å²) in [6.45, 7) is 3.35. The number of hydrogen-bond acceptors (Lipinski definition) is 4. The minimum absolute atomic E-state index is 0.0510. The Balaban J connectivity index is 1.81. The highest BCUT2D eigenvalue weighted by atomic mass is 19.4. The Hall–Kier alpha value is -2.58. The maximum absolute atomic E-state index is 12.6. The van der Waals surface area contributed by atoms with Crippen LogP contribution in [-0.4, -0.2) is 22.0 Å². The normalized spacial score (nSPS) is 22.4. The summed E-state index contributed by atoms with van der Waals surface area (Å²) in [5.41, 5.74) is -0.556. The highest BCUT2D eigenvalue weighted by molar-refractivity contribution is 6.00. The Morgan fingerprint density at radius 2 is 1.96 bits per heavy atom. The van der Waals surface area contributed by atoms with Gasteiger partial charge in [-0.25, -0.2) is 4.98 Å². The molecule has 2 aromatic rings. The van der Waals surface area contributed by atoms with Gasteiger partial charge in [-0.05, 0) is 23.6 Å². The first kappa shape index (κ1) is 16.3. The van der Waals surface area contributed by atoms with E-state index in [1.807, 2.05) is 0 Å². The van der Waals surface area contributed by atoms with E-state index in [1.165, 1.54) is 18.2 Å². The van der Waals surface area contributed by atoms with Gasteiger partial charge in [0.15, 0.2) is 5.58 Å². The summed E-state index contributed by atoms with van der Waals surface area (Å²) in [5.74, 6) is -4.40. The molecule has 2 atom stereocenters. The first-order valence-electron chi connectivity index (χ1n) is 7.03. The smallest absolute Gasteiger partial charge is 0.468 e. The van der Waals surface area contributed by atoms with Gasteiger partial charge in [-0.3, -0.25) is 9.59 Å². The molecule has 1 aliphatic rings. The van der Waals surface area contributed by atoms with Crippen LogP contribution in [0, 0.1) is 17.3 Å². The number of carboxylic acids is 1. The number of rotatable bonds is 3. The lowest BCUT2D eigenvalue weighted by atomic mass is 10.1. The van der Waals surface area contributed by atoms with Crippen molar-refractivity contribution >= 4 is 28.7 Å².